The van der Waals surface area contributed by atoms with Gasteiger partial charge in [0.05, 0.1) is 11.1 Å². The van der Waals surface area contributed by atoms with Crippen molar-refractivity contribution in [2.24, 2.45) is 0 Å². The number of hydrogen-bond acceptors (Lipinski definition) is 3. The lowest BCUT2D eigenvalue weighted by atomic mass is 10.1. The summed E-state index contributed by atoms with van der Waals surface area (Å²) >= 11 is 2.10. The molecule has 1 aromatic carbocycles. The van der Waals surface area contributed by atoms with Gasteiger partial charge < -0.3 is 4.74 Å². The van der Waals surface area contributed by atoms with Gasteiger partial charge in [-0.3, -0.25) is 4.79 Å². The van der Waals surface area contributed by atoms with Gasteiger partial charge in [0.2, 0.25) is 0 Å². The van der Waals surface area contributed by atoms with E-state index in [1.54, 1.807) is 32.9 Å². The van der Waals surface area contributed by atoms with Gasteiger partial charge in [-0.25, -0.2) is 15.2 Å². The van der Waals surface area contributed by atoms with Crippen molar-refractivity contribution in [1.82, 2.24) is 10.4 Å². The monoisotopic (exact) mass is 418 g/mol. The lowest BCUT2D eigenvalue weighted by molar-refractivity contribution is 0.0118. The molecule has 0 fully saturated rings. The Morgan fingerprint density at radius 1 is 1.09 bits per heavy atom. The highest BCUT2D eigenvalue weighted by Crippen LogP contribution is 2.19. The molecule has 1 N–H and O–H groups in total. The molecule has 0 spiro atoms. The number of nitrogens with zero attached hydrogens (tertiary/aromatic N) is 1. The zero-order chi connectivity index (χ0) is 17.1. The van der Waals surface area contributed by atoms with E-state index < -0.39 is 17.2 Å². The summed E-state index contributed by atoms with van der Waals surface area (Å²) in [5.74, 6) is -0.275. The summed E-state index contributed by atoms with van der Waals surface area (Å²) in [7, 11) is 0. The molecule has 5 nitrogen and oxygen atoms in total. The van der Waals surface area contributed by atoms with Crippen LogP contribution in [-0.4, -0.2) is 28.1 Å². The Labute approximate surface area is 145 Å². The van der Waals surface area contributed by atoms with E-state index in [9.17, 15) is 9.59 Å². The number of hydrogen-bond donors (Lipinski definition) is 1. The van der Waals surface area contributed by atoms with Gasteiger partial charge in [0.15, 0.2) is 0 Å². The fourth-order valence-corrected chi connectivity index (χ4v) is 2.29. The van der Waals surface area contributed by atoms with Gasteiger partial charge in [-0.15, -0.1) is 0 Å². The molecule has 0 radical (unpaired) electrons. The van der Waals surface area contributed by atoms with Gasteiger partial charge in [-0.1, -0.05) is 12.1 Å². The minimum absolute atomic E-state index is 0.275. The maximum absolute atomic E-state index is 12.8. The van der Waals surface area contributed by atoms with Crippen molar-refractivity contribution >= 4 is 34.6 Å². The number of carbonyl (C=O) groups is 2. The topological polar surface area (TPSA) is 58.6 Å². The number of benzene rings is 1. The molecular formula is C16H23IN2O3. The fourth-order valence-electron chi connectivity index (χ4n) is 1.67. The molecule has 0 aliphatic rings. The fraction of sp³-hybridized carbons (Fsp3) is 0.500. The van der Waals surface area contributed by atoms with Crippen molar-refractivity contribution in [1.29, 1.82) is 0 Å². The van der Waals surface area contributed by atoms with Crippen LogP contribution in [0.15, 0.2) is 24.3 Å². The second-order valence-electron chi connectivity index (χ2n) is 6.90. The van der Waals surface area contributed by atoms with Crippen LogP contribution in [0.5, 0.6) is 0 Å². The Kier molecular flexibility index (Phi) is 5.83. The standard InChI is InChI=1S/C16H23IN2O3/c1-15(2,3)19(18-14(21)22-16(4,5)6)13(20)11-9-7-8-10-12(11)17/h7-10H,1-6H3,(H,18,21). The normalized spacial score (nSPS) is 11.8. The number of ether oxygens (including phenoxy) is 1. The van der Waals surface area contributed by atoms with Crippen LogP contribution in [0.3, 0.4) is 0 Å². The zero-order valence-corrected chi connectivity index (χ0v) is 16.0. The smallest absolute Gasteiger partial charge is 0.426 e. The quantitative estimate of drug-likeness (QED) is 0.555. The maximum Gasteiger partial charge on any atom is 0.426 e. The van der Waals surface area contributed by atoms with Crippen LogP contribution in [0.1, 0.15) is 51.9 Å². The van der Waals surface area contributed by atoms with E-state index in [4.69, 9.17) is 4.74 Å². The molecule has 6 heteroatoms. The Morgan fingerprint density at radius 2 is 1.64 bits per heavy atom. The minimum atomic E-state index is -0.651. The third kappa shape index (κ3) is 5.47. The van der Waals surface area contributed by atoms with Crippen LogP contribution < -0.4 is 5.43 Å². The highest BCUT2D eigenvalue weighted by Gasteiger charge is 2.31. The average Bonchev–Trinajstić information content (AvgIpc) is 2.32. The Morgan fingerprint density at radius 3 is 2.09 bits per heavy atom. The van der Waals surface area contributed by atoms with E-state index in [0.717, 1.165) is 3.57 Å². The summed E-state index contributed by atoms with van der Waals surface area (Å²) in [6, 6.07) is 7.24. The van der Waals surface area contributed by atoms with Crippen LogP contribution in [0.2, 0.25) is 0 Å². The van der Waals surface area contributed by atoms with E-state index in [1.807, 2.05) is 32.9 Å². The molecule has 0 heterocycles. The SMILES string of the molecule is CC(C)(C)OC(=O)NN(C(=O)c1ccccc1I)C(C)(C)C. The molecule has 0 saturated heterocycles. The second-order valence-corrected chi connectivity index (χ2v) is 8.07. The predicted octanol–water partition coefficient (Wildman–Crippen LogP) is 3.97. The van der Waals surface area contributed by atoms with E-state index in [1.165, 1.54) is 5.01 Å². The van der Waals surface area contributed by atoms with E-state index in [0.29, 0.717) is 5.56 Å². The molecule has 2 amide bonds. The average molecular weight is 418 g/mol. The van der Waals surface area contributed by atoms with Crippen LogP contribution >= 0.6 is 22.6 Å². The summed E-state index contributed by atoms with van der Waals surface area (Å²) in [4.78, 5) is 24.8. The summed E-state index contributed by atoms with van der Waals surface area (Å²) in [5, 5.41) is 1.30. The van der Waals surface area contributed by atoms with Gasteiger partial charge in [0.25, 0.3) is 5.91 Å². The molecule has 0 aliphatic heterocycles. The van der Waals surface area contributed by atoms with Gasteiger partial charge >= 0.3 is 6.09 Å². The predicted molar refractivity (Wildman–Crippen MR) is 94.5 cm³/mol. The van der Waals surface area contributed by atoms with Gasteiger partial charge in [-0.2, -0.15) is 0 Å². The van der Waals surface area contributed by atoms with Gasteiger partial charge in [0.1, 0.15) is 5.60 Å². The maximum atomic E-state index is 12.8. The summed E-state index contributed by atoms with van der Waals surface area (Å²) in [5.41, 5.74) is 1.88. The number of amides is 2. The number of carbonyl (C=O) groups excluding carboxylic acids is 2. The third-order valence-electron chi connectivity index (χ3n) is 2.58. The molecular weight excluding hydrogens is 395 g/mol. The van der Waals surface area contributed by atoms with Gasteiger partial charge in [0, 0.05) is 3.57 Å². The molecule has 0 aromatic heterocycles. The first-order valence-corrected chi connectivity index (χ1v) is 8.08. The molecule has 22 heavy (non-hydrogen) atoms. The third-order valence-corrected chi connectivity index (χ3v) is 3.52. The van der Waals surface area contributed by atoms with Crippen LogP contribution in [0.25, 0.3) is 0 Å². The second kappa shape index (κ2) is 6.85. The summed E-state index contributed by atoms with van der Waals surface area (Å²) in [6.07, 6.45) is -0.651. The Balaban J connectivity index is 3.03. The van der Waals surface area contributed by atoms with Crippen LogP contribution in [0.4, 0.5) is 4.79 Å². The summed E-state index contributed by atoms with van der Waals surface area (Å²) in [6.45, 7) is 10.9. The molecule has 0 atom stereocenters. The lowest BCUT2D eigenvalue weighted by Crippen LogP contribution is -2.56. The molecule has 0 unspecified atom stereocenters. The van der Waals surface area contributed by atoms with Crippen LogP contribution in [-0.2, 0) is 4.74 Å². The molecule has 1 rings (SSSR count). The zero-order valence-electron chi connectivity index (χ0n) is 13.9. The van der Waals surface area contributed by atoms with Gasteiger partial charge in [-0.05, 0) is 76.3 Å². The highest BCUT2D eigenvalue weighted by molar-refractivity contribution is 14.1. The van der Waals surface area contributed by atoms with E-state index in [2.05, 4.69) is 28.0 Å². The number of nitrogens with one attached hydrogen (secondary N) is 1. The van der Waals surface area contributed by atoms with E-state index in [-0.39, 0.29) is 5.91 Å². The minimum Gasteiger partial charge on any atom is -0.443 e. The Bertz CT molecular complexity index is 559. The van der Waals surface area contributed by atoms with Crippen LogP contribution in [0, 0.1) is 3.57 Å². The van der Waals surface area contributed by atoms with Crippen molar-refractivity contribution in [2.75, 3.05) is 0 Å². The van der Waals surface area contributed by atoms with Crippen molar-refractivity contribution in [2.45, 2.75) is 52.7 Å². The van der Waals surface area contributed by atoms with Crippen molar-refractivity contribution in [3.63, 3.8) is 0 Å². The molecule has 1 aromatic rings. The highest BCUT2D eigenvalue weighted by atomic mass is 127. The molecule has 0 saturated carbocycles. The first-order valence-electron chi connectivity index (χ1n) is 7.00. The summed E-state index contributed by atoms with van der Waals surface area (Å²) < 4.78 is 6.06. The molecule has 0 aliphatic carbocycles. The number of rotatable bonds is 1. The molecule has 122 valence electrons. The molecule has 0 bridgehead atoms. The lowest BCUT2D eigenvalue weighted by Gasteiger charge is -2.36. The Hall–Kier alpha value is -1.31. The first kappa shape index (κ1) is 18.7. The number of hydrazine groups is 1. The first-order chi connectivity index (χ1) is 9.92. The van der Waals surface area contributed by atoms with Crippen molar-refractivity contribution < 1.29 is 14.3 Å². The number of halogens is 1. The van der Waals surface area contributed by atoms with Crippen molar-refractivity contribution in [3.05, 3.63) is 33.4 Å². The van der Waals surface area contributed by atoms with E-state index >= 15 is 0 Å². The van der Waals surface area contributed by atoms with Crippen molar-refractivity contribution in [3.8, 4) is 0 Å². The largest absolute Gasteiger partial charge is 0.443 e.